The van der Waals surface area contributed by atoms with Gasteiger partial charge in [-0.05, 0) is 60.9 Å². The van der Waals surface area contributed by atoms with Crippen molar-refractivity contribution in [3.05, 3.63) is 99.3 Å². The standard InChI is InChI=1S/C24H19BrN2O3/c1-14-5-3-7-18(11-14)27-21(17-6-4-10-26-13-17)20(23(29)24(27)30)22(28)16-8-9-19(25)15(2)12-16/h3-13,21,28H,1-2H3/b22-20-. The highest BCUT2D eigenvalue weighted by Crippen LogP contribution is 2.42. The molecule has 30 heavy (non-hydrogen) atoms. The lowest BCUT2D eigenvalue weighted by Gasteiger charge is -2.25. The minimum atomic E-state index is -0.774. The summed E-state index contributed by atoms with van der Waals surface area (Å²) in [5.41, 5.74) is 3.64. The largest absolute Gasteiger partial charge is 0.507 e. The summed E-state index contributed by atoms with van der Waals surface area (Å²) < 4.78 is 0.892. The molecule has 0 spiro atoms. The summed E-state index contributed by atoms with van der Waals surface area (Å²) in [6.07, 6.45) is 3.24. The fraction of sp³-hybridized carbons (Fsp3) is 0.125. The number of aryl methyl sites for hydroxylation is 2. The number of amides is 1. The molecule has 150 valence electrons. The third kappa shape index (κ3) is 3.44. The zero-order valence-corrected chi connectivity index (χ0v) is 18.1. The molecule has 1 atom stereocenters. The number of hydrogen-bond acceptors (Lipinski definition) is 4. The number of carbonyl (C=O) groups excluding carboxylic acids is 2. The SMILES string of the molecule is Cc1cccc(N2C(=O)C(=O)/C(=C(\O)c3ccc(Br)c(C)c3)C2c2cccnc2)c1. The van der Waals surface area contributed by atoms with Crippen LogP contribution in [0.5, 0.6) is 0 Å². The van der Waals surface area contributed by atoms with E-state index in [4.69, 9.17) is 0 Å². The summed E-state index contributed by atoms with van der Waals surface area (Å²) in [5, 5.41) is 11.1. The van der Waals surface area contributed by atoms with E-state index in [2.05, 4.69) is 20.9 Å². The number of ketones is 1. The molecule has 5 nitrogen and oxygen atoms in total. The summed E-state index contributed by atoms with van der Waals surface area (Å²) in [5.74, 6) is -1.60. The van der Waals surface area contributed by atoms with Gasteiger partial charge in [-0.25, -0.2) is 0 Å². The molecule has 0 saturated carbocycles. The van der Waals surface area contributed by atoms with E-state index in [-0.39, 0.29) is 11.3 Å². The van der Waals surface area contributed by atoms with Crippen molar-refractivity contribution in [1.82, 2.24) is 4.98 Å². The smallest absolute Gasteiger partial charge is 0.300 e. The molecule has 0 bridgehead atoms. The Bertz CT molecular complexity index is 1190. The number of Topliss-reactive ketones (excluding diaryl/α,β-unsaturated/α-hetero) is 1. The Labute approximate surface area is 182 Å². The molecule has 0 aliphatic carbocycles. The number of hydrogen-bond donors (Lipinski definition) is 1. The number of carbonyl (C=O) groups is 2. The van der Waals surface area contributed by atoms with Gasteiger partial charge in [0.1, 0.15) is 5.76 Å². The molecule has 1 amide bonds. The van der Waals surface area contributed by atoms with Gasteiger partial charge in [0.2, 0.25) is 0 Å². The molecule has 6 heteroatoms. The van der Waals surface area contributed by atoms with Crippen LogP contribution in [0.2, 0.25) is 0 Å². The molecule has 1 aromatic heterocycles. The van der Waals surface area contributed by atoms with Crippen LogP contribution >= 0.6 is 15.9 Å². The highest BCUT2D eigenvalue weighted by atomic mass is 79.9. The molecule has 1 saturated heterocycles. The maximum atomic E-state index is 13.1. The molecule has 3 aromatic rings. The zero-order chi connectivity index (χ0) is 21.4. The van der Waals surface area contributed by atoms with Gasteiger partial charge in [0.25, 0.3) is 11.7 Å². The summed E-state index contributed by atoms with van der Waals surface area (Å²) >= 11 is 3.44. The van der Waals surface area contributed by atoms with E-state index >= 15 is 0 Å². The van der Waals surface area contributed by atoms with Crippen molar-refractivity contribution in [3.63, 3.8) is 0 Å². The fourth-order valence-corrected chi connectivity index (χ4v) is 3.92. The number of benzene rings is 2. The normalized spacial score (nSPS) is 18.1. The number of nitrogens with zero attached hydrogens (tertiary/aromatic N) is 2. The van der Waals surface area contributed by atoms with E-state index in [0.29, 0.717) is 16.8 Å². The van der Waals surface area contributed by atoms with Crippen molar-refractivity contribution in [2.75, 3.05) is 4.90 Å². The highest BCUT2D eigenvalue weighted by molar-refractivity contribution is 9.10. The number of rotatable bonds is 3. The second kappa shape index (κ2) is 7.88. The Balaban J connectivity index is 1.95. The molecule has 1 aliphatic heterocycles. The lowest BCUT2D eigenvalue weighted by molar-refractivity contribution is -0.132. The van der Waals surface area contributed by atoms with Crippen molar-refractivity contribution >= 4 is 39.1 Å². The molecule has 2 aromatic carbocycles. The van der Waals surface area contributed by atoms with Gasteiger partial charge in [0.15, 0.2) is 0 Å². The molecule has 0 radical (unpaired) electrons. The number of pyridine rings is 1. The van der Waals surface area contributed by atoms with Crippen LogP contribution in [0.15, 0.2) is 77.0 Å². The monoisotopic (exact) mass is 462 g/mol. The van der Waals surface area contributed by atoms with Crippen LogP contribution in [0.3, 0.4) is 0 Å². The number of anilines is 1. The minimum absolute atomic E-state index is 0.0521. The maximum Gasteiger partial charge on any atom is 0.300 e. The van der Waals surface area contributed by atoms with Gasteiger partial charge in [0, 0.05) is 28.1 Å². The Morgan fingerprint density at radius 3 is 2.53 bits per heavy atom. The molecular weight excluding hydrogens is 444 g/mol. The van der Waals surface area contributed by atoms with E-state index in [9.17, 15) is 14.7 Å². The van der Waals surface area contributed by atoms with Crippen LogP contribution in [-0.4, -0.2) is 21.8 Å². The van der Waals surface area contributed by atoms with Crippen molar-refractivity contribution in [3.8, 4) is 0 Å². The van der Waals surface area contributed by atoms with Gasteiger partial charge in [-0.2, -0.15) is 0 Å². The zero-order valence-electron chi connectivity index (χ0n) is 16.5. The topological polar surface area (TPSA) is 70.5 Å². The molecule has 4 rings (SSSR count). The first-order chi connectivity index (χ1) is 14.4. The van der Waals surface area contributed by atoms with Crippen LogP contribution in [0.1, 0.15) is 28.3 Å². The van der Waals surface area contributed by atoms with Crippen molar-refractivity contribution in [2.24, 2.45) is 0 Å². The Morgan fingerprint density at radius 2 is 1.87 bits per heavy atom. The highest BCUT2D eigenvalue weighted by Gasteiger charge is 2.47. The van der Waals surface area contributed by atoms with E-state index in [1.165, 1.54) is 4.90 Å². The van der Waals surface area contributed by atoms with Gasteiger partial charge in [-0.1, -0.05) is 40.2 Å². The third-order valence-corrected chi connectivity index (χ3v) is 6.05. The Hall–Kier alpha value is -3.25. The third-order valence-electron chi connectivity index (χ3n) is 5.16. The molecule has 1 unspecified atom stereocenters. The summed E-state index contributed by atoms with van der Waals surface area (Å²) in [7, 11) is 0. The first-order valence-electron chi connectivity index (χ1n) is 9.42. The lowest BCUT2D eigenvalue weighted by Crippen LogP contribution is -2.29. The Kier molecular flexibility index (Phi) is 5.26. The predicted molar refractivity (Wildman–Crippen MR) is 119 cm³/mol. The van der Waals surface area contributed by atoms with Gasteiger partial charge in [-0.3, -0.25) is 19.5 Å². The fourth-order valence-electron chi connectivity index (χ4n) is 3.68. The van der Waals surface area contributed by atoms with E-state index in [0.717, 1.165) is 15.6 Å². The molecule has 1 N–H and O–H groups in total. The minimum Gasteiger partial charge on any atom is -0.507 e. The van der Waals surface area contributed by atoms with E-state index in [1.807, 2.05) is 32.0 Å². The Morgan fingerprint density at radius 1 is 1.07 bits per heavy atom. The number of aliphatic hydroxyl groups excluding tert-OH is 1. The second-order valence-electron chi connectivity index (χ2n) is 7.26. The van der Waals surface area contributed by atoms with Crippen LogP contribution in [0, 0.1) is 13.8 Å². The van der Waals surface area contributed by atoms with Crippen LogP contribution < -0.4 is 4.90 Å². The molecule has 1 fully saturated rings. The second-order valence-corrected chi connectivity index (χ2v) is 8.11. The summed E-state index contributed by atoms with van der Waals surface area (Å²) in [6, 6.07) is 15.5. The average molecular weight is 463 g/mol. The van der Waals surface area contributed by atoms with Crippen LogP contribution in [-0.2, 0) is 9.59 Å². The number of aromatic nitrogens is 1. The van der Waals surface area contributed by atoms with Gasteiger partial charge in [-0.15, -0.1) is 0 Å². The van der Waals surface area contributed by atoms with Crippen molar-refractivity contribution in [1.29, 1.82) is 0 Å². The summed E-state index contributed by atoms with van der Waals surface area (Å²) in [6.45, 7) is 3.81. The van der Waals surface area contributed by atoms with Crippen molar-refractivity contribution < 1.29 is 14.7 Å². The van der Waals surface area contributed by atoms with E-state index in [1.54, 1.807) is 48.8 Å². The first kappa shape index (κ1) is 20.0. The van der Waals surface area contributed by atoms with Gasteiger partial charge in [0.05, 0.1) is 11.6 Å². The maximum absolute atomic E-state index is 13.1. The van der Waals surface area contributed by atoms with Crippen LogP contribution in [0.4, 0.5) is 5.69 Å². The quantitative estimate of drug-likeness (QED) is 0.334. The molecule has 1 aliphatic rings. The van der Waals surface area contributed by atoms with Crippen molar-refractivity contribution in [2.45, 2.75) is 19.9 Å². The lowest BCUT2D eigenvalue weighted by atomic mass is 9.95. The number of halogens is 1. The van der Waals surface area contributed by atoms with Gasteiger partial charge < -0.3 is 5.11 Å². The average Bonchev–Trinajstić information content (AvgIpc) is 3.01. The molecule has 2 heterocycles. The number of aliphatic hydroxyl groups is 1. The van der Waals surface area contributed by atoms with E-state index < -0.39 is 17.7 Å². The predicted octanol–water partition coefficient (Wildman–Crippen LogP) is 5.09. The van der Waals surface area contributed by atoms with Crippen LogP contribution in [0.25, 0.3) is 5.76 Å². The molecular formula is C24H19BrN2O3. The summed E-state index contributed by atoms with van der Waals surface area (Å²) in [4.78, 5) is 31.7. The first-order valence-corrected chi connectivity index (χ1v) is 10.2. The van der Waals surface area contributed by atoms with Gasteiger partial charge >= 0.3 is 0 Å².